The lowest BCUT2D eigenvalue weighted by atomic mass is 9.51. The average Bonchev–Trinajstić information content (AvgIpc) is 2.45. The fraction of sp³-hybridized carbons (Fsp3) is 0.900. The molecule has 0 aromatic rings. The average molecular weight is 320 g/mol. The quantitative estimate of drug-likeness (QED) is 0.560. The van der Waals surface area contributed by atoms with Crippen LogP contribution in [0.15, 0.2) is 12.2 Å². The molecule has 0 saturated heterocycles. The van der Waals surface area contributed by atoms with Crippen molar-refractivity contribution in [2.45, 2.75) is 79.5 Å². The summed E-state index contributed by atoms with van der Waals surface area (Å²) in [5, 5.41) is 19.9. The second-order valence-corrected chi connectivity index (χ2v) is 10.2. The molecule has 23 heavy (non-hydrogen) atoms. The Morgan fingerprint density at radius 3 is 1.91 bits per heavy atom. The minimum Gasteiger partial charge on any atom is -0.427 e. The fourth-order valence-corrected chi connectivity index (χ4v) is 4.81. The van der Waals surface area contributed by atoms with Gasteiger partial charge in [-0.1, -0.05) is 53.7 Å². The smallest absolute Gasteiger partial charge is 0.427 e. The van der Waals surface area contributed by atoms with Gasteiger partial charge in [0.15, 0.2) is 0 Å². The third-order valence-corrected chi connectivity index (χ3v) is 6.63. The summed E-state index contributed by atoms with van der Waals surface area (Å²) in [7, 11) is -1.17. The Kier molecular flexibility index (Phi) is 5.73. The van der Waals surface area contributed by atoms with Crippen molar-refractivity contribution in [2.24, 2.45) is 34.5 Å². The summed E-state index contributed by atoms with van der Waals surface area (Å²) in [5.74, 6) is 2.25. The molecule has 0 amide bonds. The molecule has 5 atom stereocenters. The van der Waals surface area contributed by atoms with Crippen molar-refractivity contribution in [3.8, 4) is 0 Å². The summed E-state index contributed by atoms with van der Waals surface area (Å²) >= 11 is 0. The molecule has 0 bridgehead atoms. The SMILES string of the molecule is CC(C)(C)C1C=CC(C2CCC(C(C)(C)C)CC2B(O)O)CC1. The lowest BCUT2D eigenvalue weighted by Crippen LogP contribution is -2.39. The van der Waals surface area contributed by atoms with Crippen LogP contribution in [0.4, 0.5) is 0 Å². The Morgan fingerprint density at radius 1 is 0.826 bits per heavy atom. The van der Waals surface area contributed by atoms with Crippen LogP contribution in [-0.2, 0) is 0 Å². The van der Waals surface area contributed by atoms with Crippen molar-refractivity contribution in [2.75, 3.05) is 0 Å². The minimum absolute atomic E-state index is 0.0359. The second-order valence-electron chi connectivity index (χ2n) is 10.2. The van der Waals surface area contributed by atoms with Gasteiger partial charge in [0.25, 0.3) is 0 Å². The highest BCUT2D eigenvalue weighted by Crippen LogP contribution is 2.50. The maximum absolute atomic E-state index is 9.97. The van der Waals surface area contributed by atoms with E-state index in [1.807, 2.05) is 0 Å². The van der Waals surface area contributed by atoms with E-state index in [0.717, 1.165) is 12.8 Å². The lowest BCUT2D eigenvalue weighted by molar-refractivity contribution is 0.112. The van der Waals surface area contributed by atoms with E-state index in [1.165, 1.54) is 19.3 Å². The topological polar surface area (TPSA) is 40.5 Å². The molecule has 2 rings (SSSR count). The summed E-state index contributed by atoms with van der Waals surface area (Å²) in [5.41, 5.74) is 0.596. The molecule has 0 spiro atoms. The Balaban J connectivity index is 2.08. The highest BCUT2D eigenvalue weighted by atomic mass is 16.4. The van der Waals surface area contributed by atoms with Crippen LogP contribution in [0.2, 0.25) is 5.82 Å². The van der Waals surface area contributed by atoms with Crippen LogP contribution in [0.5, 0.6) is 0 Å². The van der Waals surface area contributed by atoms with E-state index in [1.54, 1.807) is 0 Å². The summed E-state index contributed by atoms with van der Waals surface area (Å²) in [6.45, 7) is 13.8. The minimum atomic E-state index is -1.17. The van der Waals surface area contributed by atoms with Gasteiger partial charge in [-0.15, -0.1) is 0 Å². The van der Waals surface area contributed by atoms with E-state index in [4.69, 9.17) is 0 Å². The monoisotopic (exact) mass is 320 g/mol. The molecule has 0 aliphatic heterocycles. The van der Waals surface area contributed by atoms with Gasteiger partial charge in [-0.05, 0) is 72.4 Å². The summed E-state index contributed by atoms with van der Waals surface area (Å²) in [6, 6.07) is 0. The third kappa shape index (κ3) is 4.63. The van der Waals surface area contributed by atoms with Crippen molar-refractivity contribution >= 4 is 7.12 Å². The highest BCUT2D eigenvalue weighted by molar-refractivity contribution is 6.43. The number of hydrogen-bond donors (Lipinski definition) is 2. The van der Waals surface area contributed by atoms with Crippen molar-refractivity contribution in [3.05, 3.63) is 12.2 Å². The molecule has 3 heteroatoms. The van der Waals surface area contributed by atoms with Crippen LogP contribution in [0.3, 0.4) is 0 Å². The molecule has 0 aromatic heterocycles. The van der Waals surface area contributed by atoms with Gasteiger partial charge in [0.05, 0.1) is 0 Å². The molecule has 1 fully saturated rings. The zero-order valence-electron chi connectivity index (χ0n) is 16.0. The van der Waals surface area contributed by atoms with Crippen LogP contribution in [0, 0.1) is 34.5 Å². The molecule has 2 aliphatic rings. The molecule has 0 heterocycles. The van der Waals surface area contributed by atoms with Crippen LogP contribution in [0.1, 0.15) is 73.6 Å². The Hall–Kier alpha value is -0.275. The van der Waals surface area contributed by atoms with Gasteiger partial charge in [-0.2, -0.15) is 0 Å². The van der Waals surface area contributed by atoms with E-state index in [-0.39, 0.29) is 11.2 Å². The first-order valence-electron chi connectivity index (χ1n) is 9.54. The van der Waals surface area contributed by atoms with Crippen LogP contribution >= 0.6 is 0 Å². The molecule has 5 unspecified atom stereocenters. The van der Waals surface area contributed by atoms with Gasteiger partial charge in [-0.25, -0.2) is 0 Å². The normalized spacial score (nSPS) is 36.1. The Labute approximate surface area is 143 Å². The van der Waals surface area contributed by atoms with E-state index in [9.17, 15) is 10.0 Å². The molecule has 132 valence electrons. The van der Waals surface area contributed by atoms with Crippen molar-refractivity contribution in [3.63, 3.8) is 0 Å². The molecule has 0 aromatic carbocycles. The summed E-state index contributed by atoms with van der Waals surface area (Å²) < 4.78 is 0. The second kappa shape index (κ2) is 6.92. The van der Waals surface area contributed by atoms with E-state index < -0.39 is 7.12 Å². The molecular weight excluding hydrogens is 283 g/mol. The highest BCUT2D eigenvalue weighted by Gasteiger charge is 2.44. The van der Waals surface area contributed by atoms with Crippen LogP contribution in [-0.4, -0.2) is 17.2 Å². The molecule has 2 nitrogen and oxygen atoms in total. The van der Waals surface area contributed by atoms with Crippen LogP contribution < -0.4 is 0 Å². The Bertz CT molecular complexity index is 416. The van der Waals surface area contributed by atoms with E-state index in [2.05, 4.69) is 53.7 Å². The van der Waals surface area contributed by atoms with Gasteiger partial charge in [0.1, 0.15) is 0 Å². The zero-order chi connectivity index (χ0) is 17.4. The lowest BCUT2D eigenvalue weighted by Gasteiger charge is -2.45. The third-order valence-electron chi connectivity index (χ3n) is 6.63. The molecule has 0 radical (unpaired) electrons. The van der Waals surface area contributed by atoms with E-state index in [0.29, 0.717) is 29.1 Å². The summed E-state index contributed by atoms with van der Waals surface area (Å²) in [6.07, 6.45) is 10.6. The number of hydrogen-bond acceptors (Lipinski definition) is 2. The van der Waals surface area contributed by atoms with E-state index >= 15 is 0 Å². The van der Waals surface area contributed by atoms with Crippen LogP contribution in [0.25, 0.3) is 0 Å². The zero-order valence-corrected chi connectivity index (χ0v) is 16.0. The van der Waals surface area contributed by atoms with Gasteiger partial charge >= 0.3 is 7.12 Å². The molecular formula is C20H37BO2. The van der Waals surface area contributed by atoms with Gasteiger partial charge in [0, 0.05) is 0 Å². The van der Waals surface area contributed by atoms with Gasteiger partial charge in [0.2, 0.25) is 0 Å². The molecule has 1 saturated carbocycles. The van der Waals surface area contributed by atoms with Crippen molar-refractivity contribution in [1.82, 2.24) is 0 Å². The van der Waals surface area contributed by atoms with Gasteiger partial charge in [-0.3, -0.25) is 0 Å². The van der Waals surface area contributed by atoms with Crippen molar-refractivity contribution < 1.29 is 10.0 Å². The predicted molar refractivity (Wildman–Crippen MR) is 99.0 cm³/mol. The fourth-order valence-electron chi connectivity index (χ4n) is 4.81. The largest absolute Gasteiger partial charge is 0.455 e. The summed E-state index contributed by atoms with van der Waals surface area (Å²) in [4.78, 5) is 0. The molecule has 2 aliphatic carbocycles. The Morgan fingerprint density at radius 2 is 1.48 bits per heavy atom. The number of rotatable bonds is 2. The first-order chi connectivity index (χ1) is 10.5. The number of allylic oxidation sites excluding steroid dienone is 2. The predicted octanol–water partition coefficient (Wildman–Crippen LogP) is 4.92. The maximum Gasteiger partial charge on any atom is 0.455 e. The standard InChI is InChI=1S/C20H37BO2/c1-19(2,3)15-9-7-14(8-10-15)17-12-11-16(20(4,5)6)13-18(17)21(22)23/h7,9,14-18,22-23H,8,10-13H2,1-6H3. The first-order valence-corrected chi connectivity index (χ1v) is 9.54. The molecule has 2 N–H and O–H groups in total. The van der Waals surface area contributed by atoms with Crippen molar-refractivity contribution in [1.29, 1.82) is 0 Å². The first kappa shape index (κ1) is 19.1. The maximum atomic E-state index is 9.97. The van der Waals surface area contributed by atoms with Gasteiger partial charge < -0.3 is 10.0 Å².